The number of nitrogens with zero attached hydrogens (tertiary/aromatic N) is 2. The minimum absolute atomic E-state index is 0.0444. The average molecular weight is 308 g/mol. The maximum Gasteiger partial charge on any atom is 0.239 e. The summed E-state index contributed by atoms with van der Waals surface area (Å²) < 4.78 is 10.7. The summed E-state index contributed by atoms with van der Waals surface area (Å²) in [4.78, 5) is 14.6. The van der Waals surface area contributed by atoms with Gasteiger partial charge < -0.3 is 13.8 Å². The van der Waals surface area contributed by atoms with Gasteiger partial charge in [-0.3, -0.25) is 4.79 Å². The molecule has 5 nitrogen and oxygen atoms in total. The lowest BCUT2D eigenvalue weighted by atomic mass is 10.00. The molecule has 2 heterocycles. The van der Waals surface area contributed by atoms with Crippen LogP contribution in [0.1, 0.15) is 18.5 Å². The van der Waals surface area contributed by atoms with Crippen LogP contribution < -0.4 is 4.90 Å². The molecule has 23 heavy (non-hydrogen) atoms. The Balaban J connectivity index is 1.62. The second-order valence-corrected chi connectivity index (χ2v) is 5.84. The van der Waals surface area contributed by atoms with Gasteiger partial charge in [0.25, 0.3) is 0 Å². The molecule has 5 heteroatoms. The highest BCUT2D eigenvalue weighted by atomic mass is 16.5. The lowest BCUT2D eigenvalue weighted by Gasteiger charge is -2.22. The van der Waals surface area contributed by atoms with Gasteiger partial charge >= 0.3 is 0 Å². The molecule has 0 bridgehead atoms. The van der Waals surface area contributed by atoms with Crippen molar-refractivity contribution in [3.63, 3.8) is 0 Å². The van der Waals surface area contributed by atoms with Crippen molar-refractivity contribution < 1.29 is 13.7 Å². The van der Waals surface area contributed by atoms with Gasteiger partial charge in [-0.05, 0) is 37.1 Å². The van der Waals surface area contributed by atoms with Gasteiger partial charge in [0.2, 0.25) is 11.7 Å². The Kier molecular flexibility index (Phi) is 3.08. The highest BCUT2D eigenvalue weighted by molar-refractivity contribution is 6.02. The molecule has 1 fully saturated rings. The van der Waals surface area contributed by atoms with Gasteiger partial charge in [-0.25, -0.2) is 0 Å². The summed E-state index contributed by atoms with van der Waals surface area (Å²) in [5.41, 5.74) is 0.981. The molecule has 3 aromatic rings. The van der Waals surface area contributed by atoms with E-state index >= 15 is 0 Å². The molecule has 0 saturated heterocycles. The van der Waals surface area contributed by atoms with E-state index in [1.807, 2.05) is 42.5 Å². The van der Waals surface area contributed by atoms with Crippen LogP contribution in [0.25, 0.3) is 11.5 Å². The van der Waals surface area contributed by atoms with Crippen molar-refractivity contribution >= 4 is 11.6 Å². The molecule has 1 aliphatic carbocycles. The number of carbonyl (C=O) groups excluding carboxylic acids is 1. The van der Waals surface area contributed by atoms with E-state index in [1.54, 1.807) is 24.3 Å². The Morgan fingerprint density at radius 3 is 2.57 bits per heavy atom. The van der Waals surface area contributed by atoms with Crippen LogP contribution in [0.2, 0.25) is 0 Å². The standard InChI is InChI=1S/C18H16N2O3/c1-20(13-6-3-2-4-7-13)17(21)18(9-10-18)16-12-15(23-19-16)14-8-5-11-22-14/h2-8,11-12H,9-10H2,1H3. The smallest absolute Gasteiger partial charge is 0.239 e. The van der Waals surface area contributed by atoms with Gasteiger partial charge in [0, 0.05) is 18.8 Å². The predicted octanol–water partition coefficient (Wildman–Crippen LogP) is 3.63. The molecule has 0 atom stereocenters. The first kappa shape index (κ1) is 13.8. The molecule has 0 unspecified atom stereocenters. The number of para-hydroxylation sites is 1. The Morgan fingerprint density at radius 2 is 1.91 bits per heavy atom. The third-order valence-corrected chi connectivity index (χ3v) is 4.37. The molecule has 116 valence electrons. The van der Waals surface area contributed by atoms with Gasteiger partial charge in [0.05, 0.1) is 17.4 Å². The van der Waals surface area contributed by atoms with Crippen LogP contribution in [0.15, 0.2) is 63.7 Å². The van der Waals surface area contributed by atoms with Gasteiger partial charge in [-0.2, -0.15) is 0 Å². The van der Waals surface area contributed by atoms with Gasteiger partial charge in [0.1, 0.15) is 0 Å². The second-order valence-electron chi connectivity index (χ2n) is 5.84. The van der Waals surface area contributed by atoms with E-state index in [2.05, 4.69) is 5.16 Å². The number of carbonyl (C=O) groups is 1. The van der Waals surface area contributed by atoms with Crippen LogP contribution in [-0.2, 0) is 10.2 Å². The Bertz CT molecular complexity index is 817. The van der Waals surface area contributed by atoms with Crippen LogP contribution in [0.5, 0.6) is 0 Å². The molecule has 0 aliphatic heterocycles. The van der Waals surface area contributed by atoms with E-state index in [0.717, 1.165) is 18.5 Å². The van der Waals surface area contributed by atoms with Crippen molar-refractivity contribution in [3.8, 4) is 11.5 Å². The monoisotopic (exact) mass is 308 g/mol. The number of hydrogen-bond donors (Lipinski definition) is 0. The Hall–Kier alpha value is -2.82. The number of likely N-dealkylation sites (N-methyl/N-ethyl adjacent to an activating group) is 1. The van der Waals surface area contributed by atoms with E-state index in [9.17, 15) is 4.79 Å². The average Bonchev–Trinajstić information content (AvgIpc) is 3.03. The van der Waals surface area contributed by atoms with Crippen molar-refractivity contribution in [1.29, 1.82) is 0 Å². The van der Waals surface area contributed by atoms with E-state index in [0.29, 0.717) is 17.2 Å². The SMILES string of the molecule is CN(C(=O)C1(c2cc(-c3ccco3)on2)CC1)c1ccccc1. The number of amides is 1. The Morgan fingerprint density at radius 1 is 1.13 bits per heavy atom. The van der Waals surface area contributed by atoms with E-state index in [1.165, 1.54) is 0 Å². The molecule has 2 aromatic heterocycles. The van der Waals surface area contributed by atoms with E-state index in [4.69, 9.17) is 8.94 Å². The molecule has 1 saturated carbocycles. The fourth-order valence-electron chi connectivity index (χ4n) is 2.83. The summed E-state index contributed by atoms with van der Waals surface area (Å²) in [5.74, 6) is 1.21. The van der Waals surface area contributed by atoms with Crippen molar-refractivity contribution in [1.82, 2.24) is 5.16 Å². The quantitative estimate of drug-likeness (QED) is 0.738. The summed E-state index contributed by atoms with van der Waals surface area (Å²) >= 11 is 0. The summed E-state index contributed by atoms with van der Waals surface area (Å²) in [5, 5.41) is 4.12. The molecule has 1 amide bonds. The normalized spacial score (nSPS) is 15.3. The van der Waals surface area contributed by atoms with Crippen LogP contribution in [-0.4, -0.2) is 18.1 Å². The van der Waals surface area contributed by atoms with Crippen LogP contribution in [0.4, 0.5) is 5.69 Å². The lowest BCUT2D eigenvalue weighted by Crippen LogP contribution is -2.36. The zero-order valence-electron chi connectivity index (χ0n) is 12.7. The molecule has 0 radical (unpaired) electrons. The zero-order valence-corrected chi connectivity index (χ0v) is 12.7. The van der Waals surface area contributed by atoms with Crippen molar-refractivity contribution in [2.75, 3.05) is 11.9 Å². The first-order valence-corrected chi connectivity index (χ1v) is 7.55. The fraction of sp³-hybridized carbons (Fsp3) is 0.222. The largest absolute Gasteiger partial charge is 0.461 e. The van der Waals surface area contributed by atoms with Gasteiger partial charge in [0.15, 0.2) is 5.76 Å². The maximum absolute atomic E-state index is 12.9. The number of aromatic nitrogens is 1. The highest BCUT2D eigenvalue weighted by Crippen LogP contribution is 2.50. The zero-order chi connectivity index (χ0) is 15.9. The molecular formula is C18H16N2O3. The van der Waals surface area contributed by atoms with E-state index < -0.39 is 5.41 Å². The molecule has 1 aliphatic rings. The minimum Gasteiger partial charge on any atom is -0.461 e. The maximum atomic E-state index is 12.9. The lowest BCUT2D eigenvalue weighted by molar-refractivity contribution is -0.120. The second kappa shape index (κ2) is 5.12. The fourth-order valence-corrected chi connectivity index (χ4v) is 2.83. The summed E-state index contributed by atoms with van der Waals surface area (Å²) in [7, 11) is 1.80. The predicted molar refractivity (Wildman–Crippen MR) is 85.0 cm³/mol. The van der Waals surface area contributed by atoms with E-state index in [-0.39, 0.29) is 5.91 Å². The Labute approximate surface area is 133 Å². The van der Waals surface area contributed by atoms with Gasteiger partial charge in [-0.1, -0.05) is 23.4 Å². The number of anilines is 1. The van der Waals surface area contributed by atoms with Crippen molar-refractivity contribution in [3.05, 3.63) is 60.5 Å². The first-order chi connectivity index (χ1) is 11.2. The van der Waals surface area contributed by atoms with Crippen LogP contribution >= 0.6 is 0 Å². The third-order valence-electron chi connectivity index (χ3n) is 4.37. The minimum atomic E-state index is -0.571. The summed E-state index contributed by atoms with van der Waals surface area (Å²) in [6.45, 7) is 0. The number of benzene rings is 1. The van der Waals surface area contributed by atoms with Gasteiger partial charge in [-0.15, -0.1) is 0 Å². The number of rotatable bonds is 4. The number of furan rings is 1. The molecule has 4 rings (SSSR count). The molecular weight excluding hydrogens is 292 g/mol. The number of hydrogen-bond acceptors (Lipinski definition) is 4. The van der Waals surface area contributed by atoms with Crippen LogP contribution in [0.3, 0.4) is 0 Å². The third kappa shape index (κ3) is 2.25. The molecule has 1 aromatic carbocycles. The van der Waals surface area contributed by atoms with Crippen molar-refractivity contribution in [2.45, 2.75) is 18.3 Å². The first-order valence-electron chi connectivity index (χ1n) is 7.55. The molecule has 0 N–H and O–H groups in total. The van der Waals surface area contributed by atoms with Crippen LogP contribution in [0, 0.1) is 0 Å². The molecule has 0 spiro atoms. The highest BCUT2D eigenvalue weighted by Gasteiger charge is 2.55. The summed E-state index contributed by atoms with van der Waals surface area (Å²) in [6, 6.07) is 15.0. The summed E-state index contributed by atoms with van der Waals surface area (Å²) in [6.07, 6.45) is 3.15. The van der Waals surface area contributed by atoms with Crippen molar-refractivity contribution in [2.24, 2.45) is 0 Å². The topological polar surface area (TPSA) is 59.5 Å².